The SMILES string of the molecule is Cc1ccc(N2CC(N(C)C)C2)cc1CNS(=O)(=O)c1cccc2ccccc12. The number of hydrogen-bond acceptors (Lipinski definition) is 4. The van der Waals surface area contributed by atoms with Crippen LogP contribution < -0.4 is 9.62 Å². The topological polar surface area (TPSA) is 52.6 Å². The summed E-state index contributed by atoms with van der Waals surface area (Å²) in [7, 11) is 0.587. The van der Waals surface area contributed by atoms with Gasteiger partial charge in [0.2, 0.25) is 10.0 Å². The van der Waals surface area contributed by atoms with Crippen molar-refractivity contribution < 1.29 is 8.42 Å². The van der Waals surface area contributed by atoms with Crippen LogP contribution in [-0.4, -0.2) is 46.5 Å². The molecule has 6 heteroatoms. The second-order valence-corrected chi connectivity index (χ2v) is 9.67. The number of aryl methyl sites for hydroxylation is 1. The monoisotopic (exact) mass is 409 g/mol. The Labute approximate surface area is 173 Å². The number of hydrogen-bond donors (Lipinski definition) is 1. The number of benzene rings is 3. The normalized spacial score (nSPS) is 15.1. The Morgan fingerprint density at radius 3 is 2.52 bits per heavy atom. The maximum Gasteiger partial charge on any atom is 0.241 e. The summed E-state index contributed by atoms with van der Waals surface area (Å²) < 4.78 is 28.8. The van der Waals surface area contributed by atoms with Crippen molar-refractivity contribution in [3.63, 3.8) is 0 Å². The summed E-state index contributed by atoms with van der Waals surface area (Å²) in [5.74, 6) is 0. The molecule has 1 heterocycles. The molecule has 1 aliphatic heterocycles. The van der Waals surface area contributed by atoms with Crippen molar-refractivity contribution in [2.75, 3.05) is 32.1 Å². The Morgan fingerprint density at radius 2 is 1.76 bits per heavy atom. The van der Waals surface area contributed by atoms with Crippen molar-refractivity contribution in [3.05, 3.63) is 71.8 Å². The first-order valence-corrected chi connectivity index (χ1v) is 11.3. The van der Waals surface area contributed by atoms with Crippen LogP contribution in [0.1, 0.15) is 11.1 Å². The first kappa shape index (κ1) is 19.9. The van der Waals surface area contributed by atoms with E-state index in [0.717, 1.165) is 40.7 Å². The fraction of sp³-hybridized carbons (Fsp3) is 0.304. The van der Waals surface area contributed by atoms with Crippen molar-refractivity contribution in [2.45, 2.75) is 24.4 Å². The third kappa shape index (κ3) is 4.01. The van der Waals surface area contributed by atoms with Crippen LogP contribution in [-0.2, 0) is 16.6 Å². The van der Waals surface area contributed by atoms with E-state index < -0.39 is 10.0 Å². The number of likely N-dealkylation sites (N-methyl/N-ethyl adjacent to an activating group) is 1. The number of rotatable bonds is 6. The molecule has 152 valence electrons. The highest BCUT2D eigenvalue weighted by Gasteiger charge is 2.28. The van der Waals surface area contributed by atoms with E-state index in [4.69, 9.17) is 0 Å². The molecule has 5 nitrogen and oxygen atoms in total. The van der Waals surface area contributed by atoms with Gasteiger partial charge in [0.25, 0.3) is 0 Å². The summed E-state index contributed by atoms with van der Waals surface area (Å²) in [6.45, 7) is 4.29. The summed E-state index contributed by atoms with van der Waals surface area (Å²) in [5, 5.41) is 1.66. The zero-order valence-electron chi connectivity index (χ0n) is 17.1. The second-order valence-electron chi connectivity index (χ2n) is 7.94. The van der Waals surface area contributed by atoms with Crippen LogP contribution in [0.2, 0.25) is 0 Å². The minimum Gasteiger partial charge on any atom is -0.368 e. The zero-order chi connectivity index (χ0) is 20.6. The van der Waals surface area contributed by atoms with Gasteiger partial charge in [-0.25, -0.2) is 13.1 Å². The number of sulfonamides is 1. The van der Waals surface area contributed by atoms with Gasteiger partial charge >= 0.3 is 0 Å². The Bertz CT molecular complexity index is 1130. The van der Waals surface area contributed by atoms with Crippen molar-refractivity contribution in [2.24, 2.45) is 0 Å². The zero-order valence-corrected chi connectivity index (χ0v) is 17.9. The highest BCUT2D eigenvalue weighted by molar-refractivity contribution is 7.89. The second kappa shape index (κ2) is 7.78. The van der Waals surface area contributed by atoms with Gasteiger partial charge in [0, 0.05) is 36.7 Å². The number of anilines is 1. The lowest BCUT2D eigenvalue weighted by molar-refractivity contribution is 0.247. The standard InChI is InChI=1S/C23H27N3O2S/c1-17-11-12-20(26-15-21(16-26)25(2)3)13-19(17)14-24-29(27,28)23-10-6-8-18-7-4-5-9-22(18)23/h4-13,21,24H,14-16H2,1-3H3. The molecule has 0 saturated carbocycles. The van der Waals surface area contributed by atoms with Gasteiger partial charge in [0.05, 0.1) is 4.90 Å². The van der Waals surface area contributed by atoms with E-state index in [2.05, 4.69) is 46.8 Å². The minimum absolute atomic E-state index is 0.274. The lowest BCUT2D eigenvalue weighted by Gasteiger charge is -2.44. The molecule has 4 rings (SSSR count). The minimum atomic E-state index is -3.62. The van der Waals surface area contributed by atoms with Gasteiger partial charge < -0.3 is 9.80 Å². The van der Waals surface area contributed by atoms with E-state index in [1.54, 1.807) is 12.1 Å². The van der Waals surface area contributed by atoms with Crippen molar-refractivity contribution in [3.8, 4) is 0 Å². The smallest absolute Gasteiger partial charge is 0.241 e. The van der Waals surface area contributed by atoms with Gasteiger partial charge in [0.1, 0.15) is 0 Å². The number of nitrogens with zero attached hydrogens (tertiary/aromatic N) is 2. The molecule has 3 aromatic carbocycles. The lowest BCUT2D eigenvalue weighted by atomic mass is 10.0. The quantitative estimate of drug-likeness (QED) is 0.678. The molecule has 0 amide bonds. The molecular weight excluding hydrogens is 382 g/mol. The van der Waals surface area contributed by atoms with Crippen LogP contribution in [0, 0.1) is 6.92 Å². The fourth-order valence-corrected chi connectivity index (χ4v) is 4.95. The molecule has 1 aliphatic rings. The van der Waals surface area contributed by atoms with E-state index in [9.17, 15) is 8.42 Å². The molecule has 0 radical (unpaired) electrons. The number of nitrogens with one attached hydrogen (secondary N) is 1. The molecule has 0 spiro atoms. The van der Waals surface area contributed by atoms with Crippen LogP contribution in [0.5, 0.6) is 0 Å². The molecule has 3 aromatic rings. The van der Waals surface area contributed by atoms with E-state index in [-0.39, 0.29) is 6.54 Å². The van der Waals surface area contributed by atoms with E-state index >= 15 is 0 Å². The fourth-order valence-electron chi connectivity index (χ4n) is 3.72. The molecule has 0 aromatic heterocycles. The van der Waals surface area contributed by atoms with Crippen molar-refractivity contribution in [1.82, 2.24) is 9.62 Å². The molecule has 0 aliphatic carbocycles. The molecule has 1 saturated heterocycles. The molecule has 0 atom stereocenters. The maximum atomic E-state index is 13.0. The summed E-state index contributed by atoms with van der Waals surface area (Å²) in [4.78, 5) is 4.89. The molecule has 0 bridgehead atoms. The Morgan fingerprint density at radius 1 is 1.03 bits per heavy atom. The van der Waals surface area contributed by atoms with Crippen molar-refractivity contribution in [1.29, 1.82) is 0 Å². The molecule has 29 heavy (non-hydrogen) atoms. The van der Waals surface area contributed by atoms with Gasteiger partial charge in [0.15, 0.2) is 0 Å². The molecule has 0 unspecified atom stereocenters. The van der Waals surface area contributed by atoms with E-state index in [0.29, 0.717) is 10.9 Å². The Hall–Kier alpha value is -2.41. The first-order chi connectivity index (χ1) is 13.8. The Balaban J connectivity index is 1.53. The largest absolute Gasteiger partial charge is 0.368 e. The highest BCUT2D eigenvalue weighted by Crippen LogP contribution is 2.26. The summed E-state index contributed by atoms with van der Waals surface area (Å²) in [6.07, 6.45) is 0. The van der Waals surface area contributed by atoms with E-state index in [1.165, 1.54) is 0 Å². The molecular formula is C23H27N3O2S. The average molecular weight is 410 g/mol. The summed E-state index contributed by atoms with van der Waals surface area (Å²) in [6, 6.07) is 19.8. The van der Waals surface area contributed by atoms with Crippen LogP contribution >= 0.6 is 0 Å². The predicted molar refractivity (Wildman–Crippen MR) is 119 cm³/mol. The molecule has 1 N–H and O–H groups in total. The molecule has 1 fully saturated rings. The predicted octanol–water partition coefficient (Wildman–Crippen LogP) is 3.38. The first-order valence-electron chi connectivity index (χ1n) is 9.83. The van der Waals surface area contributed by atoms with Gasteiger partial charge in [-0.3, -0.25) is 0 Å². The van der Waals surface area contributed by atoms with Crippen LogP contribution in [0.25, 0.3) is 10.8 Å². The third-order valence-corrected chi connectivity index (χ3v) is 7.24. The Kier molecular flexibility index (Phi) is 5.34. The van der Waals surface area contributed by atoms with E-state index in [1.807, 2.05) is 37.3 Å². The van der Waals surface area contributed by atoms with Gasteiger partial charge in [-0.2, -0.15) is 0 Å². The van der Waals surface area contributed by atoms with Crippen molar-refractivity contribution >= 4 is 26.5 Å². The van der Waals surface area contributed by atoms with Gasteiger partial charge in [-0.05, 0) is 55.7 Å². The highest BCUT2D eigenvalue weighted by atomic mass is 32.2. The number of fused-ring (bicyclic) bond motifs is 1. The van der Waals surface area contributed by atoms with Crippen LogP contribution in [0.4, 0.5) is 5.69 Å². The third-order valence-electron chi connectivity index (χ3n) is 5.78. The average Bonchev–Trinajstić information content (AvgIpc) is 2.66. The summed E-state index contributed by atoms with van der Waals surface area (Å²) in [5.41, 5.74) is 3.23. The lowest BCUT2D eigenvalue weighted by Crippen LogP contribution is -2.57. The maximum absolute atomic E-state index is 13.0. The van der Waals surface area contributed by atoms with Gasteiger partial charge in [-0.1, -0.05) is 42.5 Å². The van der Waals surface area contributed by atoms with Crippen LogP contribution in [0.15, 0.2) is 65.6 Å². The van der Waals surface area contributed by atoms with Crippen LogP contribution in [0.3, 0.4) is 0 Å². The van der Waals surface area contributed by atoms with Gasteiger partial charge in [-0.15, -0.1) is 0 Å². The summed E-state index contributed by atoms with van der Waals surface area (Å²) >= 11 is 0.